The summed E-state index contributed by atoms with van der Waals surface area (Å²) in [5.41, 5.74) is 2.63. The van der Waals surface area contributed by atoms with Crippen molar-refractivity contribution in [2.45, 2.75) is 44.6 Å². The summed E-state index contributed by atoms with van der Waals surface area (Å²) in [5.74, 6) is 0. The highest BCUT2D eigenvalue weighted by Gasteiger charge is 2.33. The summed E-state index contributed by atoms with van der Waals surface area (Å²) in [6.07, 6.45) is 4.52. The first-order valence-electron chi connectivity index (χ1n) is 8.39. The van der Waals surface area contributed by atoms with Crippen molar-refractivity contribution in [1.82, 2.24) is 14.3 Å². The third-order valence-corrected chi connectivity index (χ3v) is 6.53. The van der Waals surface area contributed by atoms with Gasteiger partial charge in [0.05, 0.1) is 11.4 Å². The average Bonchev–Trinajstić information content (AvgIpc) is 2.55. The minimum atomic E-state index is -3.55. The van der Waals surface area contributed by atoms with Gasteiger partial charge in [-0.15, -0.1) is 0 Å². The SMILES string of the molecule is Cc1cc(C)c(S(=O)(=O)N2CCCC(Oc3ncccn3)C2)c(C)c1. The first kappa shape index (κ1) is 17.8. The first-order chi connectivity index (χ1) is 11.9. The molecule has 0 amide bonds. The highest BCUT2D eigenvalue weighted by atomic mass is 32.2. The molecule has 1 unspecified atom stereocenters. The predicted molar refractivity (Wildman–Crippen MR) is 95.1 cm³/mol. The fourth-order valence-corrected chi connectivity index (χ4v) is 5.34. The quantitative estimate of drug-likeness (QED) is 0.837. The monoisotopic (exact) mass is 361 g/mol. The van der Waals surface area contributed by atoms with Gasteiger partial charge >= 0.3 is 6.01 Å². The Morgan fingerprint density at radius 3 is 2.40 bits per heavy atom. The highest BCUT2D eigenvalue weighted by molar-refractivity contribution is 7.89. The number of piperidine rings is 1. The van der Waals surface area contributed by atoms with Gasteiger partial charge in [-0.05, 0) is 50.8 Å². The van der Waals surface area contributed by atoms with E-state index in [0.717, 1.165) is 29.5 Å². The van der Waals surface area contributed by atoms with Gasteiger partial charge in [-0.1, -0.05) is 17.7 Å². The van der Waals surface area contributed by atoms with Crippen molar-refractivity contribution < 1.29 is 13.2 Å². The molecule has 25 heavy (non-hydrogen) atoms. The Bertz CT molecular complexity index is 830. The zero-order chi connectivity index (χ0) is 18.0. The van der Waals surface area contributed by atoms with Crippen LogP contribution in [-0.4, -0.2) is 41.9 Å². The molecule has 3 rings (SSSR count). The molecule has 2 heterocycles. The van der Waals surface area contributed by atoms with Crippen molar-refractivity contribution in [2.24, 2.45) is 0 Å². The number of aromatic nitrogens is 2. The van der Waals surface area contributed by atoms with Crippen LogP contribution < -0.4 is 4.74 Å². The van der Waals surface area contributed by atoms with Gasteiger partial charge in [0.2, 0.25) is 10.0 Å². The van der Waals surface area contributed by atoms with Crippen molar-refractivity contribution in [3.8, 4) is 6.01 Å². The topological polar surface area (TPSA) is 72.4 Å². The van der Waals surface area contributed by atoms with E-state index >= 15 is 0 Å². The number of hydrogen-bond donors (Lipinski definition) is 0. The van der Waals surface area contributed by atoms with E-state index in [2.05, 4.69) is 9.97 Å². The lowest BCUT2D eigenvalue weighted by Crippen LogP contribution is -2.44. The van der Waals surface area contributed by atoms with E-state index in [-0.39, 0.29) is 12.1 Å². The summed E-state index contributed by atoms with van der Waals surface area (Å²) in [6, 6.07) is 5.83. The van der Waals surface area contributed by atoms with E-state index in [1.54, 1.807) is 18.5 Å². The van der Waals surface area contributed by atoms with E-state index in [1.165, 1.54) is 4.31 Å². The van der Waals surface area contributed by atoms with Crippen LogP contribution in [0.2, 0.25) is 0 Å². The van der Waals surface area contributed by atoms with Crippen LogP contribution in [0.5, 0.6) is 6.01 Å². The van der Waals surface area contributed by atoms with Crippen LogP contribution in [0.1, 0.15) is 29.5 Å². The van der Waals surface area contributed by atoms with Crippen molar-refractivity contribution in [2.75, 3.05) is 13.1 Å². The van der Waals surface area contributed by atoms with E-state index < -0.39 is 10.0 Å². The molecule has 134 valence electrons. The van der Waals surface area contributed by atoms with Crippen molar-refractivity contribution in [3.05, 3.63) is 47.3 Å². The second-order valence-electron chi connectivity index (χ2n) is 6.50. The Balaban J connectivity index is 1.83. The molecule has 1 atom stereocenters. The Hall–Kier alpha value is -1.99. The van der Waals surface area contributed by atoms with Gasteiger partial charge in [-0.2, -0.15) is 4.31 Å². The fourth-order valence-electron chi connectivity index (χ4n) is 3.42. The molecule has 6 nitrogen and oxygen atoms in total. The summed E-state index contributed by atoms with van der Waals surface area (Å²) in [6.45, 7) is 6.49. The third-order valence-electron chi connectivity index (χ3n) is 4.36. The molecule has 1 aliphatic heterocycles. The predicted octanol–water partition coefficient (Wildman–Crippen LogP) is 2.63. The lowest BCUT2D eigenvalue weighted by atomic mass is 10.1. The van der Waals surface area contributed by atoms with Gasteiger partial charge in [0.15, 0.2) is 0 Å². The molecule has 0 N–H and O–H groups in total. The van der Waals surface area contributed by atoms with Gasteiger partial charge in [-0.25, -0.2) is 18.4 Å². The molecule has 1 aromatic carbocycles. The molecule has 1 saturated heterocycles. The van der Waals surface area contributed by atoms with E-state index in [0.29, 0.717) is 18.0 Å². The van der Waals surface area contributed by atoms with Gasteiger partial charge in [0, 0.05) is 18.9 Å². The van der Waals surface area contributed by atoms with Crippen LogP contribution in [0, 0.1) is 20.8 Å². The zero-order valence-electron chi connectivity index (χ0n) is 14.8. The number of aryl methyl sites for hydroxylation is 3. The number of sulfonamides is 1. The first-order valence-corrected chi connectivity index (χ1v) is 9.83. The van der Waals surface area contributed by atoms with Crippen LogP contribution in [0.3, 0.4) is 0 Å². The van der Waals surface area contributed by atoms with Gasteiger partial charge in [0.25, 0.3) is 0 Å². The maximum Gasteiger partial charge on any atom is 0.316 e. The minimum Gasteiger partial charge on any atom is -0.459 e. The number of nitrogens with zero attached hydrogens (tertiary/aromatic N) is 3. The summed E-state index contributed by atoms with van der Waals surface area (Å²) < 4.78 is 33.6. The van der Waals surface area contributed by atoms with Crippen LogP contribution in [-0.2, 0) is 10.0 Å². The number of ether oxygens (including phenoxy) is 1. The largest absolute Gasteiger partial charge is 0.459 e. The van der Waals surface area contributed by atoms with Crippen LogP contribution in [0.25, 0.3) is 0 Å². The Morgan fingerprint density at radius 1 is 1.12 bits per heavy atom. The molecular formula is C18H23N3O3S. The molecular weight excluding hydrogens is 338 g/mol. The molecule has 0 spiro atoms. The molecule has 0 bridgehead atoms. The van der Waals surface area contributed by atoms with Crippen LogP contribution in [0.4, 0.5) is 0 Å². The molecule has 7 heteroatoms. The van der Waals surface area contributed by atoms with Gasteiger partial charge in [0.1, 0.15) is 6.10 Å². The molecule has 2 aromatic rings. The van der Waals surface area contributed by atoms with Crippen LogP contribution >= 0.6 is 0 Å². The summed E-state index contributed by atoms with van der Waals surface area (Å²) in [5, 5.41) is 0. The standard InChI is InChI=1S/C18H23N3O3S/c1-13-10-14(2)17(15(3)11-13)25(22,23)21-9-4-6-16(12-21)24-18-19-7-5-8-20-18/h5,7-8,10-11,16H,4,6,9,12H2,1-3H3. The molecule has 1 aliphatic rings. The zero-order valence-corrected chi connectivity index (χ0v) is 15.6. The molecule has 1 fully saturated rings. The van der Waals surface area contributed by atoms with Gasteiger partial charge < -0.3 is 4.74 Å². The third kappa shape index (κ3) is 3.82. The second kappa shape index (κ2) is 7.09. The van der Waals surface area contributed by atoms with E-state index in [1.807, 2.05) is 32.9 Å². The van der Waals surface area contributed by atoms with Crippen molar-refractivity contribution in [3.63, 3.8) is 0 Å². The smallest absolute Gasteiger partial charge is 0.316 e. The Labute approximate surface area is 148 Å². The van der Waals surface area contributed by atoms with Gasteiger partial charge in [-0.3, -0.25) is 0 Å². The average molecular weight is 361 g/mol. The number of benzene rings is 1. The second-order valence-corrected chi connectivity index (χ2v) is 8.38. The lowest BCUT2D eigenvalue weighted by molar-refractivity contribution is 0.119. The molecule has 0 aliphatic carbocycles. The number of hydrogen-bond acceptors (Lipinski definition) is 5. The molecule has 0 saturated carbocycles. The van der Waals surface area contributed by atoms with Crippen molar-refractivity contribution >= 4 is 10.0 Å². The molecule has 1 aromatic heterocycles. The maximum atomic E-state index is 13.2. The minimum absolute atomic E-state index is 0.239. The van der Waals surface area contributed by atoms with E-state index in [9.17, 15) is 8.42 Å². The van der Waals surface area contributed by atoms with Crippen LogP contribution in [0.15, 0.2) is 35.5 Å². The van der Waals surface area contributed by atoms with Crippen molar-refractivity contribution in [1.29, 1.82) is 0 Å². The Kier molecular flexibility index (Phi) is 5.06. The summed E-state index contributed by atoms with van der Waals surface area (Å²) in [4.78, 5) is 8.52. The highest BCUT2D eigenvalue weighted by Crippen LogP contribution is 2.28. The lowest BCUT2D eigenvalue weighted by Gasteiger charge is -2.32. The molecule has 0 radical (unpaired) electrons. The summed E-state index contributed by atoms with van der Waals surface area (Å²) >= 11 is 0. The number of rotatable bonds is 4. The Morgan fingerprint density at radius 2 is 1.76 bits per heavy atom. The van der Waals surface area contributed by atoms with E-state index in [4.69, 9.17) is 4.74 Å². The fraction of sp³-hybridized carbons (Fsp3) is 0.444. The maximum absolute atomic E-state index is 13.2. The normalized spacial score (nSPS) is 18.9. The summed E-state index contributed by atoms with van der Waals surface area (Å²) in [7, 11) is -3.55.